The average Bonchev–Trinajstić information content (AvgIpc) is 3.22. The lowest BCUT2D eigenvalue weighted by molar-refractivity contribution is -0.138. The van der Waals surface area contributed by atoms with Gasteiger partial charge in [-0.25, -0.2) is 0 Å². The fraction of sp³-hybridized carbons (Fsp3) is 0.348. The van der Waals surface area contributed by atoms with Crippen molar-refractivity contribution in [3.63, 3.8) is 0 Å². The molecule has 0 amide bonds. The fourth-order valence-corrected chi connectivity index (χ4v) is 4.04. The average molecular weight is 391 g/mol. The predicted octanol–water partition coefficient (Wildman–Crippen LogP) is 4.80. The molecule has 0 saturated heterocycles. The molecule has 29 heavy (non-hydrogen) atoms. The van der Waals surface area contributed by atoms with Crippen molar-refractivity contribution in [1.82, 2.24) is 15.2 Å². The molecular formula is C23H25N3O3. The Kier molecular flexibility index (Phi) is 5.89. The molecule has 2 heterocycles. The fourth-order valence-electron chi connectivity index (χ4n) is 4.04. The van der Waals surface area contributed by atoms with Crippen LogP contribution in [0.1, 0.15) is 49.3 Å². The summed E-state index contributed by atoms with van der Waals surface area (Å²) in [5, 5.41) is 16.2. The van der Waals surface area contributed by atoms with E-state index in [1.54, 1.807) is 6.20 Å². The smallest absolute Gasteiger partial charge is 0.303 e. The number of nitrogens with zero attached hydrogens (tertiary/aromatic N) is 2. The van der Waals surface area contributed by atoms with Crippen molar-refractivity contribution in [3.8, 4) is 17.1 Å². The lowest BCUT2D eigenvalue weighted by Gasteiger charge is -2.28. The molecule has 6 nitrogen and oxygen atoms in total. The minimum absolute atomic E-state index is 0.302. The number of nitrogens with one attached hydrogen (secondary N) is 1. The zero-order valence-electron chi connectivity index (χ0n) is 16.3. The summed E-state index contributed by atoms with van der Waals surface area (Å²) in [6.07, 6.45) is 6.16. The summed E-state index contributed by atoms with van der Waals surface area (Å²) in [6.45, 7) is 0.384. The molecule has 1 fully saturated rings. The molecule has 1 aliphatic carbocycles. The number of hydrogen-bond donors (Lipinski definition) is 2. The zero-order chi connectivity index (χ0) is 20.1. The molecule has 2 aromatic heterocycles. The van der Waals surface area contributed by atoms with Crippen LogP contribution >= 0.6 is 0 Å². The highest BCUT2D eigenvalue weighted by atomic mass is 16.5. The predicted molar refractivity (Wildman–Crippen MR) is 110 cm³/mol. The number of aliphatic carboxylic acids is 1. The van der Waals surface area contributed by atoms with Crippen LogP contribution in [0.3, 0.4) is 0 Å². The Balaban J connectivity index is 1.34. The Morgan fingerprint density at radius 2 is 1.90 bits per heavy atom. The molecule has 6 heteroatoms. The number of ether oxygens (including phenoxy) is 1. The van der Waals surface area contributed by atoms with Gasteiger partial charge in [0.25, 0.3) is 0 Å². The van der Waals surface area contributed by atoms with Crippen molar-refractivity contribution in [3.05, 3.63) is 66.0 Å². The van der Waals surface area contributed by atoms with E-state index in [0.717, 1.165) is 42.6 Å². The standard InChI is InChI=1S/C23H25N3O3/c27-23(28)13-16-4-6-17(7-5-16)18-8-10-19(11-9-18)21-14-22(26-25-21)29-15-20-3-1-2-12-24-20/h1-3,8-12,14,16-17H,4-7,13,15H2,(H,25,26)(H,27,28)/t16-,17-. The largest absolute Gasteiger partial charge is 0.481 e. The molecule has 0 atom stereocenters. The monoisotopic (exact) mass is 391 g/mol. The first-order chi connectivity index (χ1) is 14.2. The Labute approximate surface area is 170 Å². The maximum Gasteiger partial charge on any atom is 0.303 e. The van der Waals surface area contributed by atoms with Crippen LogP contribution in [-0.4, -0.2) is 26.3 Å². The number of benzene rings is 1. The van der Waals surface area contributed by atoms with Gasteiger partial charge in [0.05, 0.1) is 11.4 Å². The summed E-state index contributed by atoms with van der Waals surface area (Å²) < 4.78 is 5.70. The second-order valence-corrected chi connectivity index (χ2v) is 7.67. The number of carboxylic acids is 1. The number of carbonyl (C=O) groups is 1. The molecule has 0 bridgehead atoms. The van der Waals surface area contributed by atoms with Crippen LogP contribution in [0.2, 0.25) is 0 Å². The third kappa shape index (κ3) is 5.02. The summed E-state index contributed by atoms with van der Waals surface area (Å²) in [5.41, 5.74) is 4.17. The van der Waals surface area contributed by atoms with E-state index >= 15 is 0 Å². The lowest BCUT2D eigenvalue weighted by atomic mass is 9.77. The van der Waals surface area contributed by atoms with Crippen molar-refractivity contribution >= 4 is 5.97 Å². The molecule has 1 aliphatic rings. The van der Waals surface area contributed by atoms with Gasteiger partial charge in [0.1, 0.15) is 6.61 Å². The van der Waals surface area contributed by atoms with Crippen molar-refractivity contribution in [1.29, 1.82) is 0 Å². The van der Waals surface area contributed by atoms with Crippen molar-refractivity contribution in [2.75, 3.05) is 0 Å². The Morgan fingerprint density at radius 3 is 2.59 bits per heavy atom. The number of aromatic amines is 1. The Bertz CT molecular complexity index is 930. The summed E-state index contributed by atoms with van der Waals surface area (Å²) in [4.78, 5) is 15.1. The first-order valence-electron chi connectivity index (χ1n) is 10.1. The molecule has 0 spiro atoms. The van der Waals surface area contributed by atoms with Crippen molar-refractivity contribution < 1.29 is 14.6 Å². The molecule has 0 aliphatic heterocycles. The topological polar surface area (TPSA) is 88.1 Å². The molecule has 2 N–H and O–H groups in total. The van der Waals surface area contributed by atoms with E-state index in [9.17, 15) is 4.79 Å². The van der Waals surface area contributed by atoms with Gasteiger partial charge in [-0.3, -0.25) is 14.9 Å². The summed E-state index contributed by atoms with van der Waals surface area (Å²) in [5.74, 6) is 0.720. The number of hydrogen-bond acceptors (Lipinski definition) is 4. The quantitative estimate of drug-likeness (QED) is 0.604. The summed E-state index contributed by atoms with van der Waals surface area (Å²) in [7, 11) is 0. The first kappa shape index (κ1) is 19.2. The molecular weight excluding hydrogens is 366 g/mol. The highest BCUT2D eigenvalue weighted by molar-refractivity contribution is 5.67. The molecule has 1 saturated carbocycles. The number of H-pyrrole nitrogens is 1. The molecule has 1 aromatic carbocycles. The highest BCUT2D eigenvalue weighted by Gasteiger charge is 2.24. The van der Waals surface area contributed by atoms with E-state index in [1.807, 2.05) is 24.3 Å². The molecule has 3 aromatic rings. The second-order valence-electron chi connectivity index (χ2n) is 7.67. The summed E-state index contributed by atoms with van der Waals surface area (Å²) in [6, 6.07) is 16.2. The van der Waals surface area contributed by atoms with Gasteiger partial charge in [-0.05, 0) is 60.8 Å². The third-order valence-corrected chi connectivity index (χ3v) is 5.65. The number of pyridine rings is 1. The Hall–Kier alpha value is -3.15. The second kappa shape index (κ2) is 8.90. The van der Waals surface area contributed by atoms with E-state index in [1.165, 1.54) is 5.56 Å². The SMILES string of the molecule is O=C(O)C[C@H]1CC[C@H](c2ccc(-c3cc(OCc4ccccn4)n[nH]3)cc2)CC1. The van der Waals surface area contributed by atoms with Gasteiger partial charge in [0.15, 0.2) is 0 Å². The van der Waals surface area contributed by atoms with Gasteiger partial charge in [0.2, 0.25) is 5.88 Å². The van der Waals surface area contributed by atoms with E-state index in [2.05, 4.69) is 39.4 Å². The van der Waals surface area contributed by atoms with Crippen LogP contribution < -0.4 is 4.74 Å². The van der Waals surface area contributed by atoms with Gasteiger partial charge in [0, 0.05) is 18.7 Å². The van der Waals surface area contributed by atoms with E-state index < -0.39 is 5.97 Å². The van der Waals surface area contributed by atoms with Gasteiger partial charge in [-0.15, -0.1) is 5.10 Å². The van der Waals surface area contributed by atoms with E-state index in [0.29, 0.717) is 30.7 Å². The van der Waals surface area contributed by atoms with Crippen molar-refractivity contribution in [2.45, 2.75) is 44.6 Å². The van der Waals surface area contributed by atoms with Crippen LogP contribution in [0.4, 0.5) is 0 Å². The van der Waals surface area contributed by atoms with Crippen LogP contribution in [-0.2, 0) is 11.4 Å². The zero-order valence-corrected chi connectivity index (χ0v) is 16.3. The van der Waals surface area contributed by atoms with Crippen LogP contribution in [0.5, 0.6) is 5.88 Å². The van der Waals surface area contributed by atoms with Gasteiger partial charge < -0.3 is 9.84 Å². The molecule has 150 valence electrons. The molecule has 0 radical (unpaired) electrons. The molecule has 0 unspecified atom stereocenters. The van der Waals surface area contributed by atoms with Crippen LogP contribution in [0.15, 0.2) is 54.7 Å². The highest BCUT2D eigenvalue weighted by Crippen LogP contribution is 2.37. The Morgan fingerprint density at radius 1 is 1.10 bits per heavy atom. The lowest BCUT2D eigenvalue weighted by Crippen LogP contribution is -2.16. The van der Waals surface area contributed by atoms with Gasteiger partial charge in [-0.1, -0.05) is 30.3 Å². The van der Waals surface area contributed by atoms with Crippen LogP contribution in [0.25, 0.3) is 11.3 Å². The van der Waals surface area contributed by atoms with E-state index in [4.69, 9.17) is 9.84 Å². The van der Waals surface area contributed by atoms with Gasteiger partial charge in [-0.2, -0.15) is 0 Å². The molecule has 4 rings (SSSR count). The maximum atomic E-state index is 10.9. The van der Waals surface area contributed by atoms with E-state index in [-0.39, 0.29) is 0 Å². The third-order valence-electron chi connectivity index (χ3n) is 5.65. The minimum atomic E-state index is -0.680. The maximum absolute atomic E-state index is 10.9. The number of carboxylic acid groups (broad SMARTS) is 1. The summed E-state index contributed by atoms with van der Waals surface area (Å²) >= 11 is 0. The number of aromatic nitrogens is 3. The number of rotatable bonds is 7. The minimum Gasteiger partial charge on any atom is -0.481 e. The van der Waals surface area contributed by atoms with Crippen molar-refractivity contribution in [2.24, 2.45) is 5.92 Å². The van der Waals surface area contributed by atoms with Crippen LogP contribution in [0, 0.1) is 5.92 Å². The van der Waals surface area contributed by atoms with Gasteiger partial charge >= 0.3 is 5.97 Å². The normalized spacial score (nSPS) is 19.0. The first-order valence-corrected chi connectivity index (χ1v) is 10.1.